The SMILES string of the molecule is Cc1ccccc1C(=O)NCC(=O)OCC(=O)Nc1ccc(Oc2ccccc2)cc1. The standard InChI is InChI=1S/C24H22N2O5/c1-17-7-5-6-10-21(17)24(29)25-15-23(28)30-16-22(27)26-18-11-13-20(14-12-18)31-19-8-3-2-4-9-19/h2-14H,15-16H2,1H3,(H,25,29)(H,26,27). The highest BCUT2D eigenvalue weighted by Gasteiger charge is 2.12. The maximum atomic E-state index is 12.1. The van der Waals surface area contributed by atoms with Gasteiger partial charge >= 0.3 is 5.97 Å². The summed E-state index contributed by atoms with van der Waals surface area (Å²) in [5.41, 5.74) is 1.81. The number of rotatable bonds is 8. The van der Waals surface area contributed by atoms with Gasteiger partial charge in [0.05, 0.1) is 0 Å². The van der Waals surface area contributed by atoms with Gasteiger partial charge in [-0.1, -0.05) is 36.4 Å². The van der Waals surface area contributed by atoms with Crippen LogP contribution in [-0.2, 0) is 14.3 Å². The van der Waals surface area contributed by atoms with Crippen molar-refractivity contribution in [1.29, 1.82) is 0 Å². The zero-order valence-electron chi connectivity index (χ0n) is 17.0. The van der Waals surface area contributed by atoms with E-state index >= 15 is 0 Å². The molecule has 0 saturated carbocycles. The largest absolute Gasteiger partial charge is 0.457 e. The summed E-state index contributed by atoms with van der Waals surface area (Å²) < 4.78 is 10.6. The molecule has 0 aliphatic carbocycles. The first-order valence-corrected chi connectivity index (χ1v) is 9.63. The number of para-hydroxylation sites is 1. The molecule has 7 heteroatoms. The highest BCUT2D eigenvalue weighted by molar-refractivity contribution is 5.97. The van der Waals surface area contributed by atoms with Crippen LogP contribution in [0.2, 0.25) is 0 Å². The van der Waals surface area contributed by atoms with Crippen molar-refractivity contribution in [3.63, 3.8) is 0 Å². The fraction of sp³-hybridized carbons (Fsp3) is 0.125. The maximum absolute atomic E-state index is 12.1. The van der Waals surface area contributed by atoms with Crippen LogP contribution in [0.1, 0.15) is 15.9 Å². The number of carbonyl (C=O) groups excluding carboxylic acids is 3. The molecule has 3 aromatic carbocycles. The zero-order valence-corrected chi connectivity index (χ0v) is 17.0. The fourth-order valence-electron chi connectivity index (χ4n) is 2.70. The topological polar surface area (TPSA) is 93.7 Å². The summed E-state index contributed by atoms with van der Waals surface area (Å²) in [6.07, 6.45) is 0. The Labute approximate surface area is 180 Å². The smallest absolute Gasteiger partial charge is 0.325 e. The summed E-state index contributed by atoms with van der Waals surface area (Å²) in [5, 5.41) is 5.11. The van der Waals surface area contributed by atoms with Gasteiger partial charge in [-0.15, -0.1) is 0 Å². The summed E-state index contributed by atoms with van der Waals surface area (Å²) in [6.45, 7) is 1.02. The molecule has 0 aliphatic rings. The van der Waals surface area contributed by atoms with Gasteiger partial charge in [0.25, 0.3) is 11.8 Å². The minimum atomic E-state index is -0.705. The Kier molecular flexibility index (Phi) is 7.37. The second kappa shape index (κ2) is 10.6. The summed E-state index contributed by atoms with van der Waals surface area (Å²) in [4.78, 5) is 35.9. The van der Waals surface area contributed by atoms with Gasteiger partial charge in [0.1, 0.15) is 18.0 Å². The van der Waals surface area contributed by atoms with Crippen LogP contribution in [0.3, 0.4) is 0 Å². The van der Waals surface area contributed by atoms with E-state index in [-0.39, 0.29) is 12.5 Å². The molecular formula is C24H22N2O5. The van der Waals surface area contributed by atoms with Crippen molar-refractivity contribution in [1.82, 2.24) is 5.32 Å². The number of ether oxygens (including phenoxy) is 2. The molecule has 0 radical (unpaired) electrons. The Morgan fingerprint density at radius 1 is 0.806 bits per heavy atom. The number of hydrogen-bond acceptors (Lipinski definition) is 5. The minimum absolute atomic E-state index is 0.327. The number of nitrogens with one attached hydrogen (secondary N) is 2. The first-order chi connectivity index (χ1) is 15.0. The molecule has 0 fully saturated rings. The van der Waals surface area contributed by atoms with E-state index in [2.05, 4.69) is 10.6 Å². The molecule has 0 bridgehead atoms. The Morgan fingerprint density at radius 2 is 1.45 bits per heavy atom. The zero-order chi connectivity index (χ0) is 22.1. The number of hydrogen-bond donors (Lipinski definition) is 2. The lowest BCUT2D eigenvalue weighted by molar-refractivity contribution is -0.146. The van der Waals surface area contributed by atoms with Crippen LogP contribution in [-0.4, -0.2) is 30.9 Å². The van der Waals surface area contributed by atoms with E-state index in [1.165, 1.54) is 0 Å². The van der Waals surface area contributed by atoms with E-state index in [0.717, 1.165) is 5.56 Å². The van der Waals surface area contributed by atoms with Gasteiger partial charge in [-0.25, -0.2) is 0 Å². The number of amides is 2. The van der Waals surface area contributed by atoms with Crippen molar-refractivity contribution in [3.05, 3.63) is 90.0 Å². The lowest BCUT2D eigenvalue weighted by atomic mass is 10.1. The van der Waals surface area contributed by atoms with Crippen molar-refractivity contribution in [3.8, 4) is 11.5 Å². The number of benzene rings is 3. The molecule has 3 rings (SSSR count). The maximum Gasteiger partial charge on any atom is 0.325 e. The van der Waals surface area contributed by atoms with Crippen LogP contribution in [0.25, 0.3) is 0 Å². The fourth-order valence-corrected chi connectivity index (χ4v) is 2.70. The highest BCUT2D eigenvalue weighted by Crippen LogP contribution is 2.22. The molecule has 0 heterocycles. The Balaban J connectivity index is 1.40. The molecule has 31 heavy (non-hydrogen) atoms. The summed E-state index contributed by atoms with van der Waals surface area (Å²) in [7, 11) is 0. The van der Waals surface area contributed by atoms with Crippen LogP contribution < -0.4 is 15.4 Å². The Hall–Kier alpha value is -4.13. The summed E-state index contributed by atoms with van der Waals surface area (Å²) in [5.74, 6) is -0.239. The molecule has 0 spiro atoms. The van der Waals surface area contributed by atoms with E-state index in [1.54, 1.807) is 49.4 Å². The van der Waals surface area contributed by atoms with E-state index in [4.69, 9.17) is 9.47 Å². The van der Waals surface area contributed by atoms with Crippen LogP contribution in [0.5, 0.6) is 11.5 Å². The predicted molar refractivity (Wildman–Crippen MR) is 116 cm³/mol. The summed E-state index contributed by atoms with van der Waals surface area (Å²) >= 11 is 0. The summed E-state index contributed by atoms with van der Waals surface area (Å²) in [6, 6.07) is 23.2. The minimum Gasteiger partial charge on any atom is -0.457 e. The van der Waals surface area contributed by atoms with Crippen LogP contribution in [0, 0.1) is 6.92 Å². The third-order valence-corrected chi connectivity index (χ3v) is 4.26. The Morgan fingerprint density at radius 3 is 2.16 bits per heavy atom. The average Bonchev–Trinajstić information content (AvgIpc) is 2.78. The quantitative estimate of drug-likeness (QED) is 0.544. The van der Waals surface area contributed by atoms with Gasteiger partial charge in [-0.05, 0) is 55.0 Å². The van der Waals surface area contributed by atoms with E-state index in [1.807, 2.05) is 36.4 Å². The van der Waals surface area contributed by atoms with Crippen molar-refractivity contribution >= 4 is 23.5 Å². The molecule has 0 saturated heterocycles. The lowest BCUT2D eigenvalue weighted by Crippen LogP contribution is -2.32. The Bertz CT molecular complexity index is 1050. The van der Waals surface area contributed by atoms with Crippen LogP contribution >= 0.6 is 0 Å². The second-order valence-corrected chi connectivity index (χ2v) is 6.65. The highest BCUT2D eigenvalue weighted by atomic mass is 16.5. The van der Waals surface area contributed by atoms with Crippen LogP contribution in [0.4, 0.5) is 5.69 Å². The van der Waals surface area contributed by atoms with Gasteiger partial charge < -0.3 is 20.1 Å². The second-order valence-electron chi connectivity index (χ2n) is 6.65. The van der Waals surface area contributed by atoms with Crippen LogP contribution in [0.15, 0.2) is 78.9 Å². The van der Waals surface area contributed by atoms with Crippen molar-refractivity contribution in [2.24, 2.45) is 0 Å². The third-order valence-electron chi connectivity index (χ3n) is 4.26. The molecule has 2 amide bonds. The molecule has 0 aromatic heterocycles. The number of esters is 1. The molecule has 7 nitrogen and oxygen atoms in total. The van der Waals surface area contributed by atoms with E-state index in [0.29, 0.717) is 22.7 Å². The van der Waals surface area contributed by atoms with Gasteiger partial charge in [0.2, 0.25) is 0 Å². The van der Waals surface area contributed by atoms with Gasteiger partial charge in [-0.3, -0.25) is 14.4 Å². The molecule has 158 valence electrons. The molecular weight excluding hydrogens is 396 g/mol. The van der Waals surface area contributed by atoms with Gasteiger partial charge in [0, 0.05) is 11.3 Å². The third kappa shape index (κ3) is 6.71. The molecule has 0 aliphatic heterocycles. The monoisotopic (exact) mass is 418 g/mol. The number of aryl methyl sites for hydroxylation is 1. The van der Waals surface area contributed by atoms with Crippen molar-refractivity contribution in [2.45, 2.75) is 6.92 Å². The average molecular weight is 418 g/mol. The first kappa shape index (κ1) is 21.6. The molecule has 2 N–H and O–H groups in total. The van der Waals surface area contributed by atoms with E-state index < -0.39 is 18.5 Å². The van der Waals surface area contributed by atoms with Crippen molar-refractivity contribution < 1.29 is 23.9 Å². The number of carbonyl (C=O) groups is 3. The van der Waals surface area contributed by atoms with Gasteiger partial charge in [0.15, 0.2) is 6.61 Å². The lowest BCUT2D eigenvalue weighted by Gasteiger charge is -2.09. The molecule has 0 unspecified atom stereocenters. The molecule has 0 atom stereocenters. The number of anilines is 1. The molecule has 3 aromatic rings. The van der Waals surface area contributed by atoms with E-state index in [9.17, 15) is 14.4 Å². The van der Waals surface area contributed by atoms with Gasteiger partial charge in [-0.2, -0.15) is 0 Å². The normalized spacial score (nSPS) is 10.1. The first-order valence-electron chi connectivity index (χ1n) is 9.63. The predicted octanol–water partition coefficient (Wildman–Crippen LogP) is 3.70. The van der Waals surface area contributed by atoms with Crippen molar-refractivity contribution in [2.75, 3.05) is 18.5 Å².